The first-order valence-corrected chi connectivity index (χ1v) is 6.86. The fourth-order valence-electron chi connectivity index (χ4n) is 2.41. The maximum atomic E-state index is 6.01. The zero-order chi connectivity index (χ0) is 13.0. The van der Waals surface area contributed by atoms with E-state index in [0.29, 0.717) is 12.1 Å². The van der Waals surface area contributed by atoms with Gasteiger partial charge in [0.15, 0.2) is 0 Å². The summed E-state index contributed by atoms with van der Waals surface area (Å²) in [5, 5.41) is 3.61. The van der Waals surface area contributed by atoms with Crippen LogP contribution in [0.4, 0.5) is 0 Å². The number of hydrogen-bond acceptors (Lipinski definition) is 3. The van der Waals surface area contributed by atoms with Crippen molar-refractivity contribution in [1.29, 1.82) is 0 Å². The van der Waals surface area contributed by atoms with E-state index in [1.54, 1.807) is 7.11 Å². The SMILES string of the molecule is CCCNC1CC(CC)Oc2cc(OC)ccc21. The molecule has 3 heteroatoms. The van der Waals surface area contributed by atoms with Crippen LogP contribution in [0.2, 0.25) is 0 Å². The lowest BCUT2D eigenvalue weighted by Crippen LogP contribution is -2.33. The van der Waals surface area contributed by atoms with Gasteiger partial charge in [0.2, 0.25) is 0 Å². The number of rotatable bonds is 5. The molecule has 0 aliphatic carbocycles. The maximum absolute atomic E-state index is 6.01. The maximum Gasteiger partial charge on any atom is 0.128 e. The van der Waals surface area contributed by atoms with Gasteiger partial charge in [-0.25, -0.2) is 0 Å². The Bertz CT molecular complexity index is 392. The summed E-state index contributed by atoms with van der Waals surface area (Å²) in [6, 6.07) is 6.53. The molecule has 2 atom stereocenters. The molecular weight excluding hydrogens is 226 g/mol. The summed E-state index contributed by atoms with van der Waals surface area (Å²) in [5.74, 6) is 1.83. The predicted octanol–water partition coefficient (Wildman–Crippen LogP) is 3.30. The minimum absolute atomic E-state index is 0.305. The Labute approximate surface area is 109 Å². The summed E-state index contributed by atoms with van der Waals surface area (Å²) in [5.41, 5.74) is 1.26. The fraction of sp³-hybridized carbons (Fsp3) is 0.600. The van der Waals surface area contributed by atoms with E-state index in [2.05, 4.69) is 25.2 Å². The van der Waals surface area contributed by atoms with Gasteiger partial charge in [-0.15, -0.1) is 0 Å². The van der Waals surface area contributed by atoms with E-state index in [1.807, 2.05) is 12.1 Å². The van der Waals surface area contributed by atoms with Gasteiger partial charge in [0.05, 0.1) is 7.11 Å². The van der Waals surface area contributed by atoms with Crippen molar-refractivity contribution in [3.8, 4) is 11.5 Å². The van der Waals surface area contributed by atoms with Crippen LogP contribution in [0.15, 0.2) is 18.2 Å². The molecule has 2 rings (SSSR count). The van der Waals surface area contributed by atoms with Crippen LogP contribution >= 0.6 is 0 Å². The molecule has 0 radical (unpaired) electrons. The van der Waals surface area contributed by atoms with Crippen molar-refractivity contribution in [3.05, 3.63) is 23.8 Å². The third-order valence-electron chi connectivity index (χ3n) is 3.48. The second kappa shape index (κ2) is 6.10. The van der Waals surface area contributed by atoms with Crippen LogP contribution in [0.25, 0.3) is 0 Å². The number of methoxy groups -OCH3 is 1. The summed E-state index contributed by atoms with van der Waals surface area (Å²) in [6.07, 6.45) is 3.55. The van der Waals surface area contributed by atoms with Gasteiger partial charge in [-0.1, -0.05) is 19.9 Å². The molecule has 1 N–H and O–H groups in total. The molecular formula is C15H23NO2. The van der Waals surface area contributed by atoms with Crippen LogP contribution < -0.4 is 14.8 Å². The van der Waals surface area contributed by atoms with Crippen molar-refractivity contribution >= 4 is 0 Å². The second-order valence-corrected chi connectivity index (χ2v) is 4.79. The summed E-state index contributed by atoms with van der Waals surface area (Å²) in [6.45, 7) is 5.41. The second-order valence-electron chi connectivity index (χ2n) is 4.79. The molecule has 1 aliphatic heterocycles. The zero-order valence-electron chi connectivity index (χ0n) is 11.5. The van der Waals surface area contributed by atoms with Crippen molar-refractivity contribution in [2.24, 2.45) is 0 Å². The minimum atomic E-state index is 0.305. The molecule has 1 aliphatic rings. The summed E-state index contributed by atoms with van der Waals surface area (Å²) < 4.78 is 11.3. The summed E-state index contributed by atoms with van der Waals surface area (Å²) in [4.78, 5) is 0. The fourth-order valence-corrected chi connectivity index (χ4v) is 2.41. The average molecular weight is 249 g/mol. The Morgan fingerprint density at radius 3 is 2.89 bits per heavy atom. The Kier molecular flexibility index (Phi) is 4.48. The van der Waals surface area contributed by atoms with Crippen LogP contribution in [0.3, 0.4) is 0 Å². The highest BCUT2D eigenvalue weighted by Crippen LogP contribution is 2.37. The summed E-state index contributed by atoms with van der Waals surface area (Å²) >= 11 is 0. The van der Waals surface area contributed by atoms with Gasteiger partial charge in [0.1, 0.15) is 17.6 Å². The molecule has 1 heterocycles. The molecule has 2 unspecified atom stereocenters. The van der Waals surface area contributed by atoms with Crippen LogP contribution in [-0.4, -0.2) is 19.8 Å². The minimum Gasteiger partial charge on any atom is -0.497 e. The van der Waals surface area contributed by atoms with Gasteiger partial charge in [0, 0.05) is 24.1 Å². The Balaban J connectivity index is 2.24. The molecule has 18 heavy (non-hydrogen) atoms. The number of benzene rings is 1. The average Bonchev–Trinajstić information content (AvgIpc) is 2.43. The van der Waals surface area contributed by atoms with E-state index < -0.39 is 0 Å². The van der Waals surface area contributed by atoms with Gasteiger partial charge >= 0.3 is 0 Å². The molecule has 0 aromatic heterocycles. The Morgan fingerprint density at radius 2 is 2.22 bits per heavy atom. The monoisotopic (exact) mass is 249 g/mol. The predicted molar refractivity (Wildman–Crippen MR) is 73.4 cm³/mol. The lowest BCUT2D eigenvalue weighted by Gasteiger charge is -2.32. The number of nitrogens with one attached hydrogen (secondary N) is 1. The molecule has 0 spiro atoms. The highest BCUT2D eigenvalue weighted by Gasteiger charge is 2.27. The van der Waals surface area contributed by atoms with Crippen molar-refractivity contribution < 1.29 is 9.47 Å². The molecule has 0 amide bonds. The van der Waals surface area contributed by atoms with E-state index in [9.17, 15) is 0 Å². The Hall–Kier alpha value is -1.22. The smallest absolute Gasteiger partial charge is 0.128 e. The molecule has 1 aromatic rings. The lowest BCUT2D eigenvalue weighted by atomic mass is 9.95. The molecule has 0 fully saturated rings. The first kappa shape index (κ1) is 13.2. The van der Waals surface area contributed by atoms with E-state index in [1.165, 1.54) is 5.56 Å². The van der Waals surface area contributed by atoms with Crippen LogP contribution in [0, 0.1) is 0 Å². The highest BCUT2D eigenvalue weighted by molar-refractivity contribution is 5.44. The number of ether oxygens (including phenoxy) is 2. The summed E-state index contributed by atoms with van der Waals surface area (Å²) in [7, 11) is 1.69. The molecule has 0 bridgehead atoms. The van der Waals surface area contributed by atoms with Crippen molar-refractivity contribution in [2.45, 2.75) is 45.3 Å². The molecule has 3 nitrogen and oxygen atoms in total. The van der Waals surface area contributed by atoms with Crippen molar-refractivity contribution in [1.82, 2.24) is 5.32 Å². The molecule has 100 valence electrons. The molecule has 1 aromatic carbocycles. The number of hydrogen-bond donors (Lipinski definition) is 1. The van der Waals surface area contributed by atoms with Gasteiger partial charge in [-0.05, 0) is 25.5 Å². The van der Waals surface area contributed by atoms with Gasteiger partial charge in [-0.3, -0.25) is 0 Å². The van der Waals surface area contributed by atoms with Crippen LogP contribution in [0.1, 0.15) is 44.7 Å². The van der Waals surface area contributed by atoms with Crippen molar-refractivity contribution in [2.75, 3.05) is 13.7 Å². The quantitative estimate of drug-likeness (QED) is 0.868. The zero-order valence-corrected chi connectivity index (χ0v) is 11.5. The first-order valence-electron chi connectivity index (χ1n) is 6.86. The lowest BCUT2D eigenvalue weighted by molar-refractivity contribution is 0.145. The largest absolute Gasteiger partial charge is 0.497 e. The molecule has 0 saturated carbocycles. The van der Waals surface area contributed by atoms with Crippen molar-refractivity contribution in [3.63, 3.8) is 0 Å². The first-order chi connectivity index (χ1) is 8.78. The normalized spacial score (nSPS) is 22.2. The standard InChI is InChI=1S/C15H23NO2/c1-4-8-16-14-9-11(5-2)18-15-10-12(17-3)6-7-13(14)15/h6-7,10-11,14,16H,4-5,8-9H2,1-3H3. The third-order valence-corrected chi connectivity index (χ3v) is 3.48. The van der Waals surface area contributed by atoms with E-state index in [0.717, 1.165) is 37.3 Å². The topological polar surface area (TPSA) is 30.5 Å². The van der Waals surface area contributed by atoms with E-state index in [-0.39, 0.29) is 0 Å². The van der Waals surface area contributed by atoms with Gasteiger partial charge < -0.3 is 14.8 Å². The Morgan fingerprint density at radius 1 is 1.39 bits per heavy atom. The van der Waals surface area contributed by atoms with Crippen LogP contribution in [0.5, 0.6) is 11.5 Å². The number of fused-ring (bicyclic) bond motifs is 1. The van der Waals surface area contributed by atoms with Gasteiger partial charge in [0.25, 0.3) is 0 Å². The van der Waals surface area contributed by atoms with Crippen LogP contribution in [-0.2, 0) is 0 Å². The van der Waals surface area contributed by atoms with Gasteiger partial charge in [-0.2, -0.15) is 0 Å². The van der Waals surface area contributed by atoms with E-state index in [4.69, 9.17) is 9.47 Å². The third kappa shape index (κ3) is 2.78. The van der Waals surface area contributed by atoms with E-state index >= 15 is 0 Å². The molecule has 0 saturated heterocycles. The highest BCUT2D eigenvalue weighted by atomic mass is 16.5.